The highest BCUT2D eigenvalue weighted by molar-refractivity contribution is 6.26. The Labute approximate surface area is 94.6 Å². The molecule has 15 heavy (non-hydrogen) atoms. The molecule has 3 rings (SSSR count). The molecule has 0 amide bonds. The van der Waals surface area contributed by atoms with Gasteiger partial charge in [-0.1, -0.05) is 12.2 Å². The van der Waals surface area contributed by atoms with Gasteiger partial charge in [-0.15, -0.1) is 11.6 Å². The summed E-state index contributed by atoms with van der Waals surface area (Å²) in [6.45, 7) is 0. The smallest absolute Gasteiger partial charge is 0.321 e. The van der Waals surface area contributed by atoms with E-state index in [0.29, 0.717) is 11.8 Å². The third-order valence-electron chi connectivity index (χ3n) is 4.34. The van der Waals surface area contributed by atoms with Crippen LogP contribution >= 0.6 is 11.6 Å². The molecular weight excluding hydrogens is 212 g/mol. The summed E-state index contributed by atoms with van der Waals surface area (Å²) in [4.78, 5) is 11.2. The summed E-state index contributed by atoms with van der Waals surface area (Å²) < 4.78 is 5.40. The van der Waals surface area contributed by atoms with Crippen molar-refractivity contribution in [3.8, 4) is 0 Å². The van der Waals surface area contributed by atoms with E-state index in [1.807, 2.05) is 0 Å². The predicted octanol–water partition coefficient (Wildman–Crippen LogP) is 2.37. The molecule has 2 saturated carbocycles. The number of allylic oxidation sites excluding steroid dienone is 2. The van der Waals surface area contributed by atoms with Crippen LogP contribution in [0.1, 0.15) is 19.3 Å². The Morgan fingerprint density at radius 3 is 3.07 bits per heavy atom. The third kappa shape index (κ3) is 1.42. The van der Waals surface area contributed by atoms with Crippen LogP contribution in [0.2, 0.25) is 0 Å². The van der Waals surface area contributed by atoms with Crippen molar-refractivity contribution >= 4 is 17.6 Å². The van der Waals surface area contributed by atoms with Crippen LogP contribution in [0.4, 0.5) is 0 Å². The summed E-state index contributed by atoms with van der Waals surface area (Å²) in [5.41, 5.74) is 0. The van der Waals surface area contributed by atoms with Crippen molar-refractivity contribution in [3.63, 3.8) is 0 Å². The van der Waals surface area contributed by atoms with Crippen LogP contribution in [0.25, 0.3) is 0 Å². The van der Waals surface area contributed by atoms with Gasteiger partial charge in [-0.3, -0.25) is 4.79 Å². The summed E-state index contributed by atoms with van der Waals surface area (Å²) in [5, 5.41) is 0. The molecule has 3 aliphatic carbocycles. The maximum absolute atomic E-state index is 11.2. The molecule has 82 valence electrons. The van der Waals surface area contributed by atoms with Crippen molar-refractivity contribution in [2.45, 2.75) is 25.4 Å². The minimum absolute atomic E-state index is 0.0161. The average molecular weight is 227 g/mol. The number of carbonyl (C=O) groups excluding carboxylic acids is 1. The second kappa shape index (κ2) is 3.51. The van der Waals surface area contributed by atoms with Crippen LogP contribution in [-0.4, -0.2) is 18.0 Å². The highest BCUT2D eigenvalue weighted by atomic mass is 35.5. The molecule has 2 fully saturated rings. The van der Waals surface area contributed by atoms with Crippen LogP contribution in [0, 0.1) is 23.7 Å². The topological polar surface area (TPSA) is 26.3 Å². The minimum Gasteiger partial charge on any atom is -0.461 e. The van der Waals surface area contributed by atoms with Crippen molar-refractivity contribution in [1.29, 1.82) is 0 Å². The first-order valence-corrected chi connectivity index (χ1v) is 6.25. The van der Waals surface area contributed by atoms with Crippen molar-refractivity contribution in [3.05, 3.63) is 12.2 Å². The van der Waals surface area contributed by atoms with E-state index < -0.39 is 0 Å². The molecule has 0 heterocycles. The van der Waals surface area contributed by atoms with Gasteiger partial charge in [-0.2, -0.15) is 0 Å². The highest BCUT2D eigenvalue weighted by Crippen LogP contribution is 2.57. The summed E-state index contributed by atoms with van der Waals surface area (Å²) in [6.07, 6.45) is 8.32. The largest absolute Gasteiger partial charge is 0.461 e. The molecule has 0 spiro atoms. The lowest BCUT2D eigenvalue weighted by atomic mass is 9.80. The third-order valence-corrected chi connectivity index (χ3v) is 4.56. The fourth-order valence-electron chi connectivity index (χ4n) is 3.82. The zero-order valence-corrected chi connectivity index (χ0v) is 9.32. The maximum Gasteiger partial charge on any atom is 0.321 e. The molecule has 5 atom stereocenters. The first-order valence-electron chi connectivity index (χ1n) is 5.71. The quantitative estimate of drug-likeness (QED) is 0.411. The predicted molar refractivity (Wildman–Crippen MR) is 57.6 cm³/mol. The Bertz CT molecular complexity index is 313. The van der Waals surface area contributed by atoms with Gasteiger partial charge in [0, 0.05) is 5.92 Å². The molecule has 3 heteroatoms. The van der Waals surface area contributed by atoms with Crippen molar-refractivity contribution in [2.24, 2.45) is 23.7 Å². The number of hydrogen-bond donors (Lipinski definition) is 0. The van der Waals surface area contributed by atoms with Gasteiger partial charge in [0.1, 0.15) is 12.0 Å². The highest BCUT2D eigenvalue weighted by Gasteiger charge is 2.53. The summed E-state index contributed by atoms with van der Waals surface area (Å²) >= 11 is 5.46. The van der Waals surface area contributed by atoms with E-state index >= 15 is 0 Å². The van der Waals surface area contributed by atoms with E-state index in [9.17, 15) is 4.79 Å². The van der Waals surface area contributed by atoms with Crippen molar-refractivity contribution in [2.75, 3.05) is 5.88 Å². The van der Waals surface area contributed by atoms with E-state index in [-0.39, 0.29) is 18.0 Å². The standard InChI is InChI=1S/C12H15ClO2/c13-6-12(14)15-11-5-7-4-10(11)9-3-1-2-8(7)9/h1,3,7-11H,2,4-6H2. The normalized spacial score (nSPS) is 45.8. The molecule has 0 saturated heterocycles. The Morgan fingerprint density at radius 1 is 1.40 bits per heavy atom. The molecule has 0 aromatic heterocycles. The van der Waals surface area contributed by atoms with E-state index in [4.69, 9.17) is 16.3 Å². The average Bonchev–Trinajstić information content (AvgIpc) is 2.87. The second-order valence-corrected chi connectivity index (χ2v) is 5.23. The molecule has 5 unspecified atom stereocenters. The van der Waals surface area contributed by atoms with Gasteiger partial charge in [0.05, 0.1) is 0 Å². The van der Waals surface area contributed by atoms with Crippen LogP contribution in [0.15, 0.2) is 12.2 Å². The summed E-state index contributed by atoms with van der Waals surface area (Å²) in [6, 6.07) is 0. The molecular formula is C12H15ClO2. The zero-order valence-electron chi connectivity index (χ0n) is 8.56. The summed E-state index contributed by atoms with van der Waals surface area (Å²) in [7, 11) is 0. The van der Waals surface area contributed by atoms with E-state index in [1.54, 1.807) is 0 Å². The Hall–Kier alpha value is -0.500. The van der Waals surface area contributed by atoms with Gasteiger partial charge in [0.25, 0.3) is 0 Å². The lowest BCUT2D eigenvalue weighted by Crippen LogP contribution is -2.32. The molecule has 3 aliphatic rings. The van der Waals surface area contributed by atoms with E-state index in [2.05, 4.69) is 12.2 Å². The van der Waals surface area contributed by atoms with Gasteiger partial charge >= 0.3 is 5.97 Å². The minimum atomic E-state index is -0.257. The monoisotopic (exact) mass is 226 g/mol. The molecule has 2 nitrogen and oxygen atoms in total. The lowest BCUT2D eigenvalue weighted by Gasteiger charge is -2.30. The first kappa shape index (κ1) is 9.71. The Kier molecular flexibility index (Phi) is 2.27. The first-order chi connectivity index (χ1) is 7.29. The SMILES string of the molecule is O=C(CCl)OC1CC2CC1C1C=CCC21. The fourth-order valence-corrected chi connectivity index (χ4v) is 3.88. The second-order valence-electron chi connectivity index (χ2n) is 4.96. The molecule has 0 radical (unpaired) electrons. The molecule has 0 aliphatic heterocycles. The lowest BCUT2D eigenvalue weighted by molar-refractivity contribution is -0.149. The molecule has 0 aromatic carbocycles. The van der Waals surface area contributed by atoms with Crippen LogP contribution < -0.4 is 0 Å². The maximum atomic E-state index is 11.2. The number of ether oxygens (including phenoxy) is 1. The number of esters is 1. The van der Waals surface area contributed by atoms with Gasteiger partial charge in [0.2, 0.25) is 0 Å². The van der Waals surface area contributed by atoms with Crippen molar-refractivity contribution < 1.29 is 9.53 Å². The molecule has 2 bridgehead atoms. The van der Waals surface area contributed by atoms with E-state index in [0.717, 1.165) is 18.3 Å². The van der Waals surface area contributed by atoms with Crippen LogP contribution in [0.5, 0.6) is 0 Å². The Balaban J connectivity index is 1.70. The number of rotatable bonds is 2. The van der Waals surface area contributed by atoms with Crippen LogP contribution in [-0.2, 0) is 9.53 Å². The van der Waals surface area contributed by atoms with Gasteiger partial charge in [-0.25, -0.2) is 0 Å². The van der Waals surface area contributed by atoms with Gasteiger partial charge in [-0.05, 0) is 37.0 Å². The van der Waals surface area contributed by atoms with Crippen LogP contribution in [0.3, 0.4) is 0 Å². The molecule has 0 aromatic rings. The Morgan fingerprint density at radius 2 is 2.27 bits per heavy atom. The number of hydrogen-bond acceptors (Lipinski definition) is 2. The van der Waals surface area contributed by atoms with E-state index in [1.165, 1.54) is 12.8 Å². The van der Waals surface area contributed by atoms with Crippen molar-refractivity contribution in [1.82, 2.24) is 0 Å². The van der Waals surface area contributed by atoms with Gasteiger partial charge < -0.3 is 4.74 Å². The molecule has 0 N–H and O–H groups in total. The van der Waals surface area contributed by atoms with Gasteiger partial charge in [0.15, 0.2) is 0 Å². The number of alkyl halides is 1. The summed E-state index contributed by atoms with van der Waals surface area (Å²) in [5.74, 6) is 2.61. The number of fused-ring (bicyclic) bond motifs is 5. The zero-order chi connectivity index (χ0) is 10.4. The number of carbonyl (C=O) groups is 1. The number of halogens is 1. The fraction of sp³-hybridized carbons (Fsp3) is 0.750.